The second kappa shape index (κ2) is 5.90. The Hall–Kier alpha value is -2.50. The molecule has 19 heavy (non-hydrogen) atoms. The molecule has 0 bridgehead atoms. The normalized spacial score (nSPS) is 11.2. The van der Waals surface area contributed by atoms with Crippen LogP contribution in [0.5, 0.6) is 17.2 Å². The molecule has 0 aliphatic rings. The van der Waals surface area contributed by atoms with Crippen LogP contribution >= 0.6 is 0 Å². The maximum absolute atomic E-state index is 11.5. The SMILES string of the molecule is CCOC(=O)/C(=C\c1cc(O)c(O)c(O)c1)C(C)=O. The minimum atomic E-state index is -0.790. The summed E-state index contributed by atoms with van der Waals surface area (Å²) >= 11 is 0. The van der Waals surface area contributed by atoms with Gasteiger partial charge in [0.05, 0.1) is 6.61 Å². The van der Waals surface area contributed by atoms with E-state index in [9.17, 15) is 24.9 Å². The van der Waals surface area contributed by atoms with Crippen LogP contribution in [0.1, 0.15) is 19.4 Å². The van der Waals surface area contributed by atoms with Crippen LogP contribution in [0.3, 0.4) is 0 Å². The van der Waals surface area contributed by atoms with E-state index in [1.165, 1.54) is 13.0 Å². The fraction of sp³-hybridized carbons (Fsp3) is 0.231. The summed E-state index contributed by atoms with van der Waals surface area (Å²) in [5.74, 6) is -3.08. The average molecular weight is 266 g/mol. The zero-order valence-corrected chi connectivity index (χ0v) is 10.5. The molecule has 0 fully saturated rings. The third-order valence-corrected chi connectivity index (χ3v) is 2.28. The molecule has 0 aliphatic heterocycles. The minimum Gasteiger partial charge on any atom is -0.504 e. The molecule has 0 radical (unpaired) electrons. The van der Waals surface area contributed by atoms with Gasteiger partial charge in [0.15, 0.2) is 23.0 Å². The summed E-state index contributed by atoms with van der Waals surface area (Å²) < 4.78 is 4.72. The van der Waals surface area contributed by atoms with E-state index in [-0.39, 0.29) is 17.7 Å². The van der Waals surface area contributed by atoms with Gasteiger partial charge in [0.1, 0.15) is 5.57 Å². The summed E-state index contributed by atoms with van der Waals surface area (Å²) in [4.78, 5) is 22.9. The zero-order chi connectivity index (χ0) is 14.6. The number of phenolic OH excluding ortho intramolecular Hbond substituents is 3. The van der Waals surface area contributed by atoms with E-state index in [1.54, 1.807) is 6.92 Å². The molecule has 0 unspecified atom stereocenters. The summed E-state index contributed by atoms with van der Waals surface area (Å²) in [5.41, 5.74) is -0.0302. The van der Waals surface area contributed by atoms with Crippen LogP contribution in [-0.2, 0) is 14.3 Å². The Labute approximate surface area is 109 Å². The van der Waals surface area contributed by atoms with Crippen LogP contribution in [0, 0.1) is 0 Å². The topological polar surface area (TPSA) is 104 Å². The Bertz CT molecular complexity index is 521. The number of Topliss-reactive ketones (excluding diaryl/α,β-unsaturated/α-hetero) is 1. The van der Waals surface area contributed by atoms with Crippen LogP contribution in [0.4, 0.5) is 0 Å². The summed E-state index contributed by atoms with van der Waals surface area (Å²) in [5, 5.41) is 27.9. The highest BCUT2D eigenvalue weighted by Crippen LogP contribution is 2.36. The molecule has 0 aliphatic carbocycles. The van der Waals surface area contributed by atoms with Gasteiger partial charge < -0.3 is 20.1 Å². The maximum atomic E-state index is 11.5. The van der Waals surface area contributed by atoms with Crippen LogP contribution in [-0.4, -0.2) is 33.7 Å². The van der Waals surface area contributed by atoms with Crippen molar-refractivity contribution in [1.82, 2.24) is 0 Å². The number of aromatic hydroxyl groups is 3. The Morgan fingerprint density at radius 1 is 1.21 bits per heavy atom. The molecule has 0 spiro atoms. The third-order valence-electron chi connectivity index (χ3n) is 2.28. The first-order valence-electron chi connectivity index (χ1n) is 5.51. The van der Waals surface area contributed by atoms with E-state index >= 15 is 0 Å². The molecule has 1 aromatic carbocycles. The van der Waals surface area contributed by atoms with Gasteiger partial charge in [0, 0.05) is 0 Å². The molecule has 1 aromatic rings. The Morgan fingerprint density at radius 3 is 2.16 bits per heavy atom. The molecule has 3 N–H and O–H groups in total. The van der Waals surface area contributed by atoms with Gasteiger partial charge in [-0.2, -0.15) is 0 Å². The minimum absolute atomic E-state index is 0.121. The van der Waals surface area contributed by atoms with Gasteiger partial charge in [0.2, 0.25) is 0 Å². The van der Waals surface area contributed by atoms with Crippen molar-refractivity contribution in [1.29, 1.82) is 0 Å². The highest BCUT2D eigenvalue weighted by Gasteiger charge is 2.16. The van der Waals surface area contributed by atoms with E-state index in [1.807, 2.05) is 0 Å². The van der Waals surface area contributed by atoms with Crippen molar-refractivity contribution in [2.24, 2.45) is 0 Å². The largest absolute Gasteiger partial charge is 0.504 e. The van der Waals surface area contributed by atoms with Gasteiger partial charge in [-0.1, -0.05) is 0 Å². The van der Waals surface area contributed by atoms with Crippen molar-refractivity contribution in [3.63, 3.8) is 0 Å². The number of carbonyl (C=O) groups is 2. The lowest BCUT2D eigenvalue weighted by Gasteiger charge is -2.05. The Balaban J connectivity index is 3.23. The summed E-state index contributed by atoms with van der Waals surface area (Å²) in [6.45, 7) is 2.92. The molecule has 0 saturated heterocycles. The van der Waals surface area contributed by atoms with E-state index in [0.29, 0.717) is 0 Å². The number of benzene rings is 1. The van der Waals surface area contributed by atoms with E-state index in [2.05, 4.69) is 0 Å². The van der Waals surface area contributed by atoms with E-state index in [0.717, 1.165) is 12.1 Å². The number of hydrogen-bond acceptors (Lipinski definition) is 6. The van der Waals surface area contributed by atoms with Crippen molar-refractivity contribution in [2.45, 2.75) is 13.8 Å². The van der Waals surface area contributed by atoms with Gasteiger partial charge >= 0.3 is 5.97 Å². The number of rotatable bonds is 4. The predicted molar refractivity (Wildman–Crippen MR) is 66.7 cm³/mol. The van der Waals surface area contributed by atoms with E-state index < -0.39 is 29.0 Å². The second-order valence-electron chi connectivity index (χ2n) is 3.74. The molecule has 0 amide bonds. The summed E-state index contributed by atoms with van der Waals surface area (Å²) in [6, 6.07) is 2.22. The van der Waals surface area contributed by atoms with Crippen molar-refractivity contribution >= 4 is 17.8 Å². The van der Waals surface area contributed by atoms with E-state index in [4.69, 9.17) is 4.74 Å². The van der Waals surface area contributed by atoms with Crippen LogP contribution in [0.25, 0.3) is 6.08 Å². The predicted octanol–water partition coefficient (Wildman–Crippen LogP) is 1.34. The van der Waals surface area contributed by atoms with Crippen LogP contribution in [0.2, 0.25) is 0 Å². The van der Waals surface area contributed by atoms with Gasteiger partial charge in [-0.25, -0.2) is 4.79 Å². The third kappa shape index (κ3) is 3.48. The van der Waals surface area contributed by atoms with Gasteiger partial charge in [-0.15, -0.1) is 0 Å². The van der Waals surface area contributed by atoms with Crippen LogP contribution in [0.15, 0.2) is 17.7 Å². The molecular weight excluding hydrogens is 252 g/mol. The van der Waals surface area contributed by atoms with Crippen LogP contribution < -0.4 is 0 Å². The summed E-state index contributed by atoms with van der Waals surface area (Å²) in [6.07, 6.45) is 1.17. The van der Waals surface area contributed by atoms with Crippen molar-refractivity contribution in [3.8, 4) is 17.2 Å². The van der Waals surface area contributed by atoms with Crippen molar-refractivity contribution in [2.75, 3.05) is 6.61 Å². The number of hydrogen-bond donors (Lipinski definition) is 3. The maximum Gasteiger partial charge on any atom is 0.341 e. The molecule has 0 heterocycles. The highest BCUT2D eigenvalue weighted by atomic mass is 16.5. The molecule has 6 heteroatoms. The lowest BCUT2D eigenvalue weighted by molar-refractivity contribution is -0.139. The molecule has 0 saturated carbocycles. The first-order valence-corrected chi connectivity index (χ1v) is 5.51. The number of esters is 1. The number of phenols is 3. The number of ketones is 1. The molecule has 1 rings (SSSR count). The standard InChI is InChI=1S/C13H14O6/c1-3-19-13(18)9(7(2)14)4-8-5-10(15)12(17)11(16)6-8/h4-6,15-17H,3H2,1-2H3/b9-4-. The number of ether oxygens (including phenoxy) is 1. The monoisotopic (exact) mass is 266 g/mol. The van der Waals surface area contributed by atoms with Crippen molar-refractivity contribution in [3.05, 3.63) is 23.3 Å². The second-order valence-corrected chi connectivity index (χ2v) is 3.74. The highest BCUT2D eigenvalue weighted by molar-refractivity contribution is 6.19. The lowest BCUT2D eigenvalue weighted by Crippen LogP contribution is -2.13. The van der Waals surface area contributed by atoms with Gasteiger partial charge in [0.25, 0.3) is 0 Å². The number of carbonyl (C=O) groups excluding carboxylic acids is 2. The van der Waals surface area contributed by atoms with Crippen molar-refractivity contribution < 1.29 is 29.6 Å². The first kappa shape index (κ1) is 14.6. The fourth-order valence-corrected chi connectivity index (χ4v) is 1.39. The molecule has 6 nitrogen and oxygen atoms in total. The Kier molecular flexibility index (Phi) is 4.52. The smallest absolute Gasteiger partial charge is 0.341 e. The molecule has 0 atom stereocenters. The molecular formula is C13H14O6. The quantitative estimate of drug-likeness (QED) is 0.250. The first-order chi connectivity index (χ1) is 8.86. The zero-order valence-electron chi connectivity index (χ0n) is 10.5. The Morgan fingerprint density at radius 2 is 1.74 bits per heavy atom. The summed E-state index contributed by atoms with van der Waals surface area (Å²) in [7, 11) is 0. The fourth-order valence-electron chi connectivity index (χ4n) is 1.39. The lowest BCUT2D eigenvalue weighted by atomic mass is 10.1. The average Bonchev–Trinajstić information content (AvgIpc) is 2.32. The van der Waals surface area contributed by atoms with Gasteiger partial charge in [-0.05, 0) is 37.6 Å². The molecule has 0 aromatic heterocycles. The molecule has 102 valence electrons. The van der Waals surface area contributed by atoms with Gasteiger partial charge in [-0.3, -0.25) is 4.79 Å².